The van der Waals surface area contributed by atoms with Crippen LogP contribution in [0.25, 0.3) is 0 Å². The highest BCUT2D eigenvalue weighted by atomic mass is 32.2. The molecule has 0 saturated heterocycles. The standard InChI is InChI=1S/C14H26N2OS2/c1-5-12-11(2)19-14(16-12)13(7-6-10-18-4)15-8-9-17-3/h13,15H,5-10H2,1-4H3. The number of ether oxygens (including phenoxy) is 1. The summed E-state index contributed by atoms with van der Waals surface area (Å²) in [4.78, 5) is 6.16. The summed E-state index contributed by atoms with van der Waals surface area (Å²) in [5, 5.41) is 4.82. The van der Waals surface area contributed by atoms with Crippen LogP contribution in [-0.2, 0) is 11.2 Å². The van der Waals surface area contributed by atoms with Crippen LogP contribution in [0.3, 0.4) is 0 Å². The van der Waals surface area contributed by atoms with Crippen molar-refractivity contribution in [2.24, 2.45) is 0 Å². The molecule has 0 spiro atoms. The van der Waals surface area contributed by atoms with Crippen molar-refractivity contribution < 1.29 is 4.74 Å². The SMILES string of the molecule is CCc1nc(C(CCCSC)NCCOC)sc1C. The van der Waals surface area contributed by atoms with Crippen LogP contribution in [0.5, 0.6) is 0 Å². The summed E-state index contributed by atoms with van der Waals surface area (Å²) in [5.41, 5.74) is 1.25. The van der Waals surface area contributed by atoms with Gasteiger partial charge in [-0.25, -0.2) is 4.98 Å². The van der Waals surface area contributed by atoms with E-state index >= 15 is 0 Å². The molecule has 1 atom stereocenters. The van der Waals surface area contributed by atoms with E-state index in [1.807, 2.05) is 23.1 Å². The molecular formula is C14H26N2OS2. The second-order valence-electron chi connectivity index (χ2n) is 4.54. The van der Waals surface area contributed by atoms with Crippen LogP contribution in [0.1, 0.15) is 41.4 Å². The average Bonchev–Trinajstić information content (AvgIpc) is 2.78. The Labute approximate surface area is 125 Å². The molecule has 0 fully saturated rings. The number of aryl methyl sites for hydroxylation is 2. The topological polar surface area (TPSA) is 34.2 Å². The number of thiazole rings is 1. The third kappa shape index (κ3) is 5.81. The number of nitrogens with zero attached hydrogens (tertiary/aromatic N) is 1. The van der Waals surface area contributed by atoms with Crippen molar-refractivity contribution in [3.8, 4) is 0 Å². The smallest absolute Gasteiger partial charge is 0.110 e. The molecule has 3 nitrogen and oxygen atoms in total. The fourth-order valence-corrected chi connectivity index (χ4v) is 3.58. The van der Waals surface area contributed by atoms with Gasteiger partial charge < -0.3 is 10.1 Å². The summed E-state index contributed by atoms with van der Waals surface area (Å²) in [7, 11) is 1.74. The Kier molecular flexibility index (Phi) is 8.70. The molecule has 0 amide bonds. The molecule has 110 valence electrons. The van der Waals surface area contributed by atoms with Gasteiger partial charge in [0.15, 0.2) is 0 Å². The molecule has 5 heteroatoms. The van der Waals surface area contributed by atoms with E-state index < -0.39 is 0 Å². The predicted octanol–water partition coefficient (Wildman–Crippen LogP) is 3.43. The number of nitrogens with one attached hydrogen (secondary N) is 1. The Morgan fingerprint density at radius 3 is 2.84 bits per heavy atom. The summed E-state index contributed by atoms with van der Waals surface area (Å²) in [6.45, 7) is 5.99. The maximum Gasteiger partial charge on any atom is 0.110 e. The molecule has 1 unspecified atom stereocenters. The number of aromatic nitrogens is 1. The van der Waals surface area contributed by atoms with Gasteiger partial charge in [-0.1, -0.05) is 6.92 Å². The van der Waals surface area contributed by atoms with Crippen molar-refractivity contribution >= 4 is 23.1 Å². The van der Waals surface area contributed by atoms with Gasteiger partial charge in [0, 0.05) is 18.5 Å². The first kappa shape index (κ1) is 17.0. The van der Waals surface area contributed by atoms with E-state index in [1.165, 1.54) is 27.8 Å². The Bertz CT molecular complexity index is 345. The fraction of sp³-hybridized carbons (Fsp3) is 0.786. The Morgan fingerprint density at radius 2 is 2.26 bits per heavy atom. The van der Waals surface area contributed by atoms with Crippen LogP contribution in [-0.4, -0.2) is 37.3 Å². The molecule has 1 N–H and O–H groups in total. The van der Waals surface area contributed by atoms with Gasteiger partial charge in [0.2, 0.25) is 0 Å². The zero-order chi connectivity index (χ0) is 14.1. The number of hydrogen-bond acceptors (Lipinski definition) is 5. The zero-order valence-corrected chi connectivity index (χ0v) is 14.1. The molecule has 0 aliphatic heterocycles. The highest BCUT2D eigenvalue weighted by Crippen LogP contribution is 2.26. The van der Waals surface area contributed by atoms with E-state index in [1.54, 1.807) is 7.11 Å². The number of hydrogen-bond donors (Lipinski definition) is 1. The van der Waals surface area contributed by atoms with Crippen molar-refractivity contribution in [2.75, 3.05) is 32.3 Å². The van der Waals surface area contributed by atoms with Crippen LogP contribution in [0.4, 0.5) is 0 Å². The minimum absolute atomic E-state index is 0.381. The third-order valence-corrected chi connectivity index (χ3v) is 4.90. The lowest BCUT2D eigenvalue weighted by molar-refractivity contribution is 0.195. The van der Waals surface area contributed by atoms with Crippen LogP contribution in [0.2, 0.25) is 0 Å². The van der Waals surface area contributed by atoms with Crippen LogP contribution in [0.15, 0.2) is 0 Å². The molecule has 0 aromatic carbocycles. The van der Waals surface area contributed by atoms with Crippen LogP contribution >= 0.6 is 23.1 Å². The Morgan fingerprint density at radius 1 is 1.47 bits per heavy atom. The van der Waals surface area contributed by atoms with Gasteiger partial charge in [0.1, 0.15) is 5.01 Å². The maximum absolute atomic E-state index is 5.12. The zero-order valence-electron chi connectivity index (χ0n) is 12.5. The van der Waals surface area contributed by atoms with Crippen molar-refractivity contribution in [2.45, 2.75) is 39.2 Å². The maximum atomic E-state index is 5.12. The highest BCUT2D eigenvalue weighted by Gasteiger charge is 2.16. The largest absolute Gasteiger partial charge is 0.383 e. The molecule has 0 aliphatic carbocycles. The summed E-state index contributed by atoms with van der Waals surface area (Å²) >= 11 is 3.75. The quantitative estimate of drug-likeness (QED) is 0.671. The molecule has 0 radical (unpaired) electrons. The van der Waals surface area contributed by atoms with Crippen molar-refractivity contribution in [1.29, 1.82) is 0 Å². The molecule has 1 aromatic heterocycles. The lowest BCUT2D eigenvalue weighted by Gasteiger charge is -2.16. The van der Waals surface area contributed by atoms with Gasteiger partial charge in [-0.2, -0.15) is 11.8 Å². The summed E-state index contributed by atoms with van der Waals surface area (Å²) in [5.74, 6) is 1.22. The van der Waals surface area contributed by atoms with Crippen molar-refractivity contribution in [3.63, 3.8) is 0 Å². The lowest BCUT2D eigenvalue weighted by atomic mass is 10.2. The molecule has 0 aliphatic rings. The predicted molar refractivity (Wildman–Crippen MR) is 86.5 cm³/mol. The van der Waals surface area contributed by atoms with Crippen LogP contribution in [0, 0.1) is 6.92 Å². The summed E-state index contributed by atoms with van der Waals surface area (Å²) in [6, 6.07) is 0.381. The van der Waals surface area contributed by atoms with Gasteiger partial charge in [-0.3, -0.25) is 0 Å². The second kappa shape index (κ2) is 9.75. The van der Waals surface area contributed by atoms with Gasteiger partial charge in [-0.05, 0) is 38.2 Å². The molecule has 1 aromatic rings. The van der Waals surface area contributed by atoms with Crippen LogP contribution < -0.4 is 5.32 Å². The Balaban J connectivity index is 2.63. The minimum Gasteiger partial charge on any atom is -0.383 e. The van der Waals surface area contributed by atoms with E-state index in [0.717, 1.165) is 26.0 Å². The molecule has 19 heavy (non-hydrogen) atoms. The van der Waals surface area contributed by atoms with E-state index in [9.17, 15) is 0 Å². The van der Waals surface area contributed by atoms with Crippen molar-refractivity contribution in [3.05, 3.63) is 15.6 Å². The van der Waals surface area contributed by atoms with E-state index in [-0.39, 0.29) is 0 Å². The highest BCUT2D eigenvalue weighted by molar-refractivity contribution is 7.98. The summed E-state index contributed by atoms with van der Waals surface area (Å²) in [6.07, 6.45) is 5.57. The van der Waals surface area contributed by atoms with E-state index in [4.69, 9.17) is 9.72 Å². The molecule has 1 heterocycles. The van der Waals surface area contributed by atoms with Gasteiger partial charge in [0.25, 0.3) is 0 Å². The summed E-state index contributed by atoms with van der Waals surface area (Å²) < 4.78 is 5.12. The monoisotopic (exact) mass is 302 g/mol. The first-order valence-electron chi connectivity index (χ1n) is 6.90. The fourth-order valence-electron chi connectivity index (χ4n) is 2.01. The normalized spacial score (nSPS) is 12.8. The van der Waals surface area contributed by atoms with E-state index in [0.29, 0.717) is 6.04 Å². The molecule has 0 bridgehead atoms. The van der Waals surface area contributed by atoms with E-state index in [2.05, 4.69) is 25.4 Å². The average molecular weight is 303 g/mol. The second-order valence-corrected chi connectivity index (χ2v) is 6.76. The van der Waals surface area contributed by atoms with Gasteiger partial charge in [0.05, 0.1) is 18.3 Å². The van der Waals surface area contributed by atoms with Gasteiger partial charge >= 0.3 is 0 Å². The molecule has 1 rings (SSSR count). The first-order valence-corrected chi connectivity index (χ1v) is 9.11. The number of thioether (sulfide) groups is 1. The Hall–Kier alpha value is -0.100. The molecule has 0 saturated carbocycles. The third-order valence-electron chi connectivity index (χ3n) is 3.08. The lowest BCUT2D eigenvalue weighted by Crippen LogP contribution is -2.25. The molecular weight excluding hydrogens is 276 g/mol. The number of rotatable bonds is 10. The number of methoxy groups -OCH3 is 1. The first-order chi connectivity index (χ1) is 9.22. The van der Waals surface area contributed by atoms with Gasteiger partial charge in [-0.15, -0.1) is 11.3 Å². The minimum atomic E-state index is 0.381. The van der Waals surface area contributed by atoms with Crippen molar-refractivity contribution in [1.82, 2.24) is 10.3 Å².